The number of fused-ring (bicyclic) bond motifs is 1. The highest BCUT2D eigenvalue weighted by atomic mass is 16.5. The third-order valence-electron chi connectivity index (χ3n) is 3.14. The molecule has 0 saturated carbocycles. The Bertz CT molecular complexity index is 688. The van der Waals surface area contributed by atoms with Crippen molar-refractivity contribution < 1.29 is 19.4 Å². The number of imidazole rings is 1. The average molecular weight is 290 g/mol. The quantitative estimate of drug-likeness (QED) is 0.855. The molecule has 0 unspecified atom stereocenters. The summed E-state index contributed by atoms with van der Waals surface area (Å²) in [6.45, 7) is 5.87. The number of para-hydroxylation sites is 1. The largest absolute Gasteiger partial charge is 0.478 e. The Morgan fingerprint density at radius 2 is 2.10 bits per heavy atom. The van der Waals surface area contributed by atoms with E-state index in [1.807, 2.05) is 13.8 Å². The van der Waals surface area contributed by atoms with Crippen LogP contribution in [0.15, 0.2) is 18.2 Å². The normalized spacial score (nSPS) is 11.0. The predicted molar refractivity (Wildman–Crippen MR) is 77.4 cm³/mol. The second-order valence-corrected chi connectivity index (χ2v) is 4.99. The van der Waals surface area contributed by atoms with Crippen molar-refractivity contribution in [3.63, 3.8) is 0 Å². The molecular formula is C15H18N2O4. The molecular weight excluding hydrogens is 272 g/mol. The van der Waals surface area contributed by atoms with Gasteiger partial charge in [-0.25, -0.2) is 9.78 Å². The number of benzene rings is 1. The summed E-state index contributed by atoms with van der Waals surface area (Å²) in [5.74, 6) is -0.708. The van der Waals surface area contributed by atoms with E-state index in [4.69, 9.17) is 4.74 Å². The lowest BCUT2D eigenvalue weighted by Gasteiger charge is -2.11. The van der Waals surface area contributed by atoms with E-state index in [9.17, 15) is 14.7 Å². The van der Waals surface area contributed by atoms with E-state index >= 15 is 0 Å². The third kappa shape index (κ3) is 2.89. The molecule has 0 aliphatic heterocycles. The fraction of sp³-hybridized carbons (Fsp3) is 0.400. The van der Waals surface area contributed by atoms with E-state index in [0.29, 0.717) is 16.9 Å². The molecule has 0 radical (unpaired) electrons. The molecule has 2 aromatic rings. The molecule has 6 heteroatoms. The Balaban J connectivity index is 2.65. The molecule has 0 spiro atoms. The number of nitrogens with zero attached hydrogens (tertiary/aromatic N) is 2. The summed E-state index contributed by atoms with van der Waals surface area (Å²) in [5.41, 5.74) is 1.17. The van der Waals surface area contributed by atoms with Gasteiger partial charge in [-0.15, -0.1) is 0 Å². The zero-order valence-electron chi connectivity index (χ0n) is 12.3. The number of carbonyl (C=O) groups is 2. The number of carbonyl (C=O) groups excluding carboxylic acids is 1. The van der Waals surface area contributed by atoms with Crippen LogP contribution in [0.25, 0.3) is 11.0 Å². The van der Waals surface area contributed by atoms with Crippen molar-refractivity contribution in [1.29, 1.82) is 0 Å². The number of carboxylic acids is 1. The molecule has 0 atom stereocenters. The molecule has 0 saturated heterocycles. The minimum atomic E-state index is -1.04. The highest BCUT2D eigenvalue weighted by Gasteiger charge is 2.21. The first-order valence-corrected chi connectivity index (χ1v) is 6.83. The molecule has 1 N–H and O–H groups in total. The Morgan fingerprint density at radius 1 is 1.38 bits per heavy atom. The van der Waals surface area contributed by atoms with E-state index in [1.165, 1.54) is 6.07 Å². The molecule has 0 bridgehead atoms. The van der Waals surface area contributed by atoms with Crippen LogP contribution in [0.5, 0.6) is 0 Å². The van der Waals surface area contributed by atoms with Gasteiger partial charge in [0.2, 0.25) is 0 Å². The first-order chi connectivity index (χ1) is 9.95. The summed E-state index contributed by atoms with van der Waals surface area (Å²) in [6, 6.07) is 4.91. The van der Waals surface area contributed by atoms with Gasteiger partial charge in [0.25, 0.3) is 0 Å². The van der Waals surface area contributed by atoms with Crippen LogP contribution in [0.2, 0.25) is 0 Å². The molecule has 1 aromatic heterocycles. The van der Waals surface area contributed by atoms with E-state index in [0.717, 1.165) is 0 Å². The summed E-state index contributed by atoms with van der Waals surface area (Å²) >= 11 is 0. The Morgan fingerprint density at radius 3 is 2.67 bits per heavy atom. The SMILES string of the molecule is CCOC(=O)Cn1c(C(C)C)nc2cccc(C(=O)O)c21. The summed E-state index contributed by atoms with van der Waals surface area (Å²) in [5, 5.41) is 9.34. The first-order valence-electron chi connectivity index (χ1n) is 6.83. The van der Waals surface area contributed by atoms with Crippen molar-refractivity contribution in [3.05, 3.63) is 29.6 Å². The number of esters is 1. The van der Waals surface area contributed by atoms with E-state index in [2.05, 4.69) is 4.98 Å². The van der Waals surface area contributed by atoms with E-state index in [-0.39, 0.29) is 24.6 Å². The molecule has 0 fully saturated rings. The molecule has 0 amide bonds. The van der Waals surface area contributed by atoms with Gasteiger partial charge in [-0.3, -0.25) is 4.79 Å². The molecule has 0 aliphatic rings. The minimum absolute atomic E-state index is 0.0395. The van der Waals surface area contributed by atoms with Crippen molar-refractivity contribution in [1.82, 2.24) is 9.55 Å². The molecule has 1 aromatic carbocycles. The van der Waals surface area contributed by atoms with Crippen LogP contribution < -0.4 is 0 Å². The van der Waals surface area contributed by atoms with E-state index < -0.39 is 11.9 Å². The van der Waals surface area contributed by atoms with Gasteiger partial charge in [-0.05, 0) is 19.1 Å². The van der Waals surface area contributed by atoms with Gasteiger partial charge in [0.05, 0.1) is 23.2 Å². The lowest BCUT2D eigenvalue weighted by atomic mass is 10.2. The number of hydrogen-bond donors (Lipinski definition) is 1. The maximum atomic E-state index is 11.8. The van der Waals surface area contributed by atoms with Crippen LogP contribution in [0.1, 0.15) is 42.9 Å². The van der Waals surface area contributed by atoms with Gasteiger partial charge in [0, 0.05) is 5.92 Å². The third-order valence-corrected chi connectivity index (χ3v) is 3.14. The first kappa shape index (κ1) is 15.0. The highest BCUT2D eigenvalue weighted by molar-refractivity contribution is 6.01. The Kier molecular flexibility index (Phi) is 4.26. The number of ether oxygens (including phenoxy) is 1. The van der Waals surface area contributed by atoms with Gasteiger partial charge in [0.15, 0.2) is 0 Å². The van der Waals surface area contributed by atoms with Gasteiger partial charge in [0.1, 0.15) is 12.4 Å². The zero-order valence-corrected chi connectivity index (χ0v) is 12.3. The summed E-state index contributed by atoms with van der Waals surface area (Å²) in [6.07, 6.45) is 0. The van der Waals surface area contributed by atoms with Crippen LogP contribution in [0.4, 0.5) is 0 Å². The maximum Gasteiger partial charge on any atom is 0.337 e. The lowest BCUT2D eigenvalue weighted by molar-refractivity contribution is -0.143. The van der Waals surface area contributed by atoms with Crippen LogP contribution >= 0.6 is 0 Å². The van der Waals surface area contributed by atoms with Crippen LogP contribution in [-0.2, 0) is 16.1 Å². The van der Waals surface area contributed by atoms with Crippen molar-refractivity contribution in [3.8, 4) is 0 Å². The van der Waals surface area contributed by atoms with E-state index in [1.54, 1.807) is 23.6 Å². The fourth-order valence-corrected chi connectivity index (χ4v) is 2.31. The molecule has 6 nitrogen and oxygen atoms in total. The topological polar surface area (TPSA) is 81.4 Å². The van der Waals surface area contributed by atoms with Crippen LogP contribution in [0, 0.1) is 0 Å². The smallest absolute Gasteiger partial charge is 0.337 e. The van der Waals surface area contributed by atoms with Gasteiger partial charge in [-0.1, -0.05) is 19.9 Å². The van der Waals surface area contributed by atoms with Gasteiger partial charge < -0.3 is 14.4 Å². The predicted octanol–water partition coefficient (Wildman–Crippen LogP) is 2.42. The van der Waals surface area contributed by atoms with Crippen molar-refractivity contribution in [2.75, 3.05) is 6.61 Å². The monoisotopic (exact) mass is 290 g/mol. The van der Waals surface area contributed by atoms with Crippen molar-refractivity contribution >= 4 is 23.0 Å². The number of hydrogen-bond acceptors (Lipinski definition) is 4. The van der Waals surface area contributed by atoms with Crippen LogP contribution in [0.3, 0.4) is 0 Å². The van der Waals surface area contributed by atoms with Gasteiger partial charge in [-0.2, -0.15) is 0 Å². The number of aromatic nitrogens is 2. The van der Waals surface area contributed by atoms with Crippen molar-refractivity contribution in [2.24, 2.45) is 0 Å². The maximum absolute atomic E-state index is 11.8. The second-order valence-electron chi connectivity index (χ2n) is 4.99. The fourth-order valence-electron chi connectivity index (χ4n) is 2.31. The molecule has 21 heavy (non-hydrogen) atoms. The average Bonchev–Trinajstić information content (AvgIpc) is 2.78. The number of aromatic carboxylic acids is 1. The number of carboxylic acid groups (broad SMARTS) is 1. The molecule has 0 aliphatic carbocycles. The molecule has 112 valence electrons. The summed E-state index contributed by atoms with van der Waals surface area (Å²) in [7, 11) is 0. The highest BCUT2D eigenvalue weighted by Crippen LogP contribution is 2.25. The van der Waals surface area contributed by atoms with Crippen molar-refractivity contribution in [2.45, 2.75) is 33.2 Å². The molecule has 2 rings (SSSR count). The molecule has 1 heterocycles. The zero-order chi connectivity index (χ0) is 15.6. The second kappa shape index (κ2) is 5.95. The lowest BCUT2D eigenvalue weighted by Crippen LogP contribution is -2.17. The summed E-state index contributed by atoms with van der Waals surface area (Å²) in [4.78, 5) is 27.7. The number of rotatable bonds is 5. The Hall–Kier alpha value is -2.37. The van der Waals surface area contributed by atoms with Gasteiger partial charge >= 0.3 is 11.9 Å². The standard InChI is InChI=1S/C15H18N2O4/c1-4-21-12(18)8-17-13-10(15(19)20)6-5-7-11(13)16-14(17)9(2)3/h5-7,9H,4,8H2,1-3H3,(H,19,20). The summed E-state index contributed by atoms with van der Waals surface area (Å²) < 4.78 is 6.60. The minimum Gasteiger partial charge on any atom is -0.478 e. The Labute approximate surface area is 122 Å². The van der Waals surface area contributed by atoms with Crippen LogP contribution in [-0.4, -0.2) is 33.2 Å².